The Bertz CT molecular complexity index is 436. The van der Waals surface area contributed by atoms with Crippen LogP contribution in [-0.2, 0) is 13.9 Å². The number of rotatable bonds is 4. The third-order valence-electron chi connectivity index (χ3n) is 2.85. The normalized spacial score (nSPS) is 23.9. The van der Waals surface area contributed by atoms with Gasteiger partial charge in [0.2, 0.25) is 8.32 Å². The summed E-state index contributed by atoms with van der Waals surface area (Å²) in [7, 11) is 0.0565. The van der Waals surface area contributed by atoms with Crippen molar-refractivity contribution in [3.05, 3.63) is 47.7 Å². The Balaban J connectivity index is 2.15. The number of ether oxygens (including phenoxy) is 2. The zero-order valence-electron chi connectivity index (χ0n) is 12.1. The summed E-state index contributed by atoms with van der Waals surface area (Å²) in [6, 6.07) is 10.2. The van der Waals surface area contributed by atoms with Crippen LogP contribution >= 0.6 is 0 Å². The first kappa shape index (κ1) is 14.3. The molecule has 19 heavy (non-hydrogen) atoms. The number of methoxy groups -OCH3 is 1. The lowest BCUT2D eigenvalue weighted by atomic mass is 10.0. The zero-order chi connectivity index (χ0) is 13.9. The molecule has 2 rings (SSSR count). The smallest absolute Gasteiger partial charge is 0.241 e. The molecule has 2 atom stereocenters. The van der Waals surface area contributed by atoms with Gasteiger partial charge in [-0.15, -0.1) is 0 Å². The SMILES string of the molecule is COC1C=C(O[Si](C)(C)C)C[C@H](c2ccccc2)O1. The molecule has 104 valence electrons. The van der Waals surface area contributed by atoms with E-state index in [1.54, 1.807) is 7.11 Å². The number of hydrogen-bond acceptors (Lipinski definition) is 3. The maximum Gasteiger partial charge on any atom is 0.241 e. The standard InChI is InChI=1S/C15H22O3Si/c1-16-15-11-13(18-19(2,3)4)10-14(17-15)12-8-6-5-7-9-12/h5-9,11,14-15H,10H2,1-4H3/t14-,15?/m1/s1. The third-order valence-corrected chi connectivity index (χ3v) is 3.72. The van der Waals surface area contributed by atoms with E-state index in [0.717, 1.165) is 17.7 Å². The van der Waals surface area contributed by atoms with Crippen molar-refractivity contribution in [3.63, 3.8) is 0 Å². The van der Waals surface area contributed by atoms with Crippen LogP contribution < -0.4 is 0 Å². The van der Waals surface area contributed by atoms with Gasteiger partial charge in [-0.1, -0.05) is 30.3 Å². The first-order valence-electron chi connectivity index (χ1n) is 6.61. The predicted molar refractivity (Wildman–Crippen MR) is 78.2 cm³/mol. The summed E-state index contributed by atoms with van der Waals surface area (Å²) in [5.41, 5.74) is 1.16. The van der Waals surface area contributed by atoms with Crippen LogP contribution in [0.1, 0.15) is 18.1 Å². The van der Waals surface area contributed by atoms with E-state index in [9.17, 15) is 0 Å². The molecule has 0 bridgehead atoms. The van der Waals surface area contributed by atoms with E-state index >= 15 is 0 Å². The average Bonchev–Trinajstić information content (AvgIpc) is 2.37. The van der Waals surface area contributed by atoms with Crippen LogP contribution in [0, 0.1) is 0 Å². The molecule has 0 aliphatic carbocycles. The van der Waals surface area contributed by atoms with Gasteiger partial charge < -0.3 is 13.9 Å². The molecule has 0 N–H and O–H groups in total. The summed E-state index contributed by atoms with van der Waals surface area (Å²) >= 11 is 0. The van der Waals surface area contributed by atoms with Gasteiger partial charge in [0.25, 0.3) is 0 Å². The van der Waals surface area contributed by atoms with Gasteiger partial charge in [0, 0.05) is 19.6 Å². The number of benzene rings is 1. The Morgan fingerprint density at radius 3 is 2.42 bits per heavy atom. The minimum Gasteiger partial charge on any atom is -0.547 e. The first-order chi connectivity index (χ1) is 8.98. The molecule has 1 aromatic carbocycles. The lowest BCUT2D eigenvalue weighted by molar-refractivity contribution is -0.139. The van der Waals surface area contributed by atoms with E-state index in [1.807, 2.05) is 24.3 Å². The van der Waals surface area contributed by atoms with Crippen LogP contribution in [0.2, 0.25) is 19.6 Å². The maximum absolute atomic E-state index is 6.10. The molecule has 0 amide bonds. The lowest BCUT2D eigenvalue weighted by Gasteiger charge is -2.32. The van der Waals surface area contributed by atoms with Crippen molar-refractivity contribution in [1.82, 2.24) is 0 Å². The number of hydrogen-bond donors (Lipinski definition) is 0. The maximum atomic E-state index is 6.10. The largest absolute Gasteiger partial charge is 0.547 e. The zero-order valence-corrected chi connectivity index (χ0v) is 13.1. The Morgan fingerprint density at radius 1 is 1.16 bits per heavy atom. The monoisotopic (exact) mass is 278 g/mol. The molecule has 1 heterocycles. The predicted octanol–water partition coefficient (Wildman–Crippen LogP) is 3.86. The van der Waals surface area contributed by atoms with E-state index in [2.05, 4.69) is 31.8 Å². The minimum absolute atomic E-state index is 0.00231. The molecule has 4 heteroatoms. The van der Waals surface area contributed by atoms with Gasteiger partial charge >= 0.3 is 0 Å². The first-order valence-corrected chi connectivity index (χ1v) is 10.0. The van der Waals surface area contributed by atoms with Gasteiger partial charge in [-0.05, 0) is 25.2 Å². The minimum atomic E-state index is -1.60. The Kier molecular flexibility index (Phi) is 4.45. The van der Waals surface area contributed by atoms with Crippen LogP contribution in [0.4, 0.5) is 0 Å². The second-order valence-electron chi connectivity index (χ2n) is 5.69. The average molecular weight is 278 g/mol. The quantitative estimate of drug-likeness (QED) is 0.783. The fourth-order valence-corrected chi connectivity index (χ4v) is 3.05. The Labute approximate surface area is 116 Å². The van der Waals surface area contributed by atoms with Gasteiger partial charge in [-0.3, -0.25) is 0 Å². The fraction of sp³-hybridized carbons (Fsp3) is 0.467. The van der Waals surface area contributed by atoms with Crippen molar-refractivity contribution in [2.75, 3.05) is 7.11 Å². The van der Waals surface area contributed by atoms with E-state index in [4.69, 9.17) is 13.9 Å². The highest BCUT2D eigenvalue weighted by molar-refractivity contribution is 6.70. The van der Waals surface area contributed by atoms with E-state index < -0.39 is 8.32 Å². The molecule has 1 unspecified atom stereocenters. The summed E-state index contributed by atoms with van der Waals surface area (Å²) in [4.78, 5) is 0. The van der Waals surface area contributed by atoms with Crippen molar-refractivity contribution in [2.24, 2.45) is 0 Å². The van der Waals surface area contributed by atoms with Crippen molar-refractivity contribution >= 4 is 8.32 Å². The van der Waals surface area contributed by atoms with Crippen molar-refractivity contribution in [2.45, 2.75) is 38.5 Å². The van der Waals surface area contributed by atoms with Gasteiger partial charge in [-0.2, -0.15) is 0 Å². The van der Waals surface area contributed by atoms with Gasteiger partial charge in [-0.25, -0.2) is 0 Å². The summed E-state index contributed by atoms with van der Waals surface area (Å²) in [5.74, 6) is 0.992. The van der Waals surface area contributed by atoms with Gasteiger partial charge in [0.1, 0.15) is 0 Å². The Morgan fingerprint density at radius 2 is 1.84 bits per heavy atom. The summed E-state index contributed by atoms with van der Waals surface area (Å²) in [6.45, 7) is 6.55. The van der Waals surface area contributed by atoms with Crippen molar-refractivity contribution in [1.29, 1.82) is 0 Å². The summed E-state index contributed by atoms with van der Waals surface area (Å²) < 4.78 is 17.3. The molecular formula is C15H22O3Si. The van der Waals surface area contributed by atoms with E-state index in [0.29, 0.717) is 0 Å². The van der Waals surface area contributed by atoms with E-state index in [1.165, 1.54) is 0 Å². The molecule has 0 fully saturated rings. The Hall–Kier alpha value is -1.10. The van der Waals surface area contributed by atoms with Gasteiger partial charge in [0.05, 0.1) is 11.9 Å². The highest BCUT2D eigenvalue weighted by Gasteiger charge is 2.28. The summed E-state index contributed by atoms with van der Waals surface area (Å²) in [6.07, 6.45) is 2.39. The molecular weight excluding hydrogens is 256 g/mol. The molecule has 0 saturated carbocycles. The molecule has 3 nitrogen and oxygen atoms in total. The third kappa shape index (κ3) is 4.20. The van der Waals surface area contributed by atoms with Crippen LogP contribution in [-0.4, -0.2) is 21.7 Å². The van der Waals surface area contributed by atoms with Crippen LogP contribution in [0.3, 0.4) is 0 Å². The summed E-state index contributed by atoms with van der Waals surface area (Å²) in [5, 5.41) is 0. The highest BCUT2D eigenvalue weighted by atomic mass is 28.4. The lowest BCUT2D eigenvalue weighted by Crippen LogP contribution is -2.30. The topological polar surface area (TPSA) is 27.7 Å². The van der Waals surface area contributed by atoms with E-state index in [-0.39, 0.29) is 12.4 Å². The van der Waals surface area contributed by atoms with Crippen LogP contribution in [0.5, 0.6) is 0 Å². The van der Waals surface area contributed by atoms with Crippen LogP contribution in [0.25, 0.3) is 0 Å². The molecule has 1 aliphatic rings. The molecule has 1 aliphatic heterocycles. The van der Waals surface area contributed by atoms with Crippen molar-refractivity contribution < 1.29 is 13.9 Å². The van der Waals surface area contributed by atoms with Gasteiger partial charge in [0.15, 0.2) is 6.29 Å². The molecule has 0 radical (unpaired) electrons. The van der Waals surface area contributed by atoms with Crippen molar-refractivity contribution in [3.8, 4) is 0 Å². The molecule has 0 spiro atoms. The second kappa shape index (κ2) is 5.90. The van der Waals surface area contributed by atoms with Crippen LogP contribution in [0.15, 0.2) is 42.2 Å². The highest BCUT2D eigenvalue weighted by Crippen LogP contribution is 2.33. The molecule has 1 aromatic rings. The second-order valence-corrected chi connectivity index (χ2v) is 10.1. The fourth-order valence-electron chi connectivity index (χ4n) is 2.11. The molecule has 0 saturated heterocycles. The molecule has 0 aromatic heterocycles.